The summed E-state index contributed by atoms with van der Waals surface area (Å²) in [6.45, 7) is 9.37. The number of hydrogen-bond acceptors (Lipinski definition) is 5. The summed E-state index contributed by atoms with van der Waals surface area (Å²) in [7, 11) is 0. The van der Waals surface area contributed by atoms with Crippen LogP contribution in [0.4, 0.5) is 4.79 Å². The van der Waals surface area contributed by atoms with Crippen LogP contribution in [0.15, 0.2) is 47.3 Å². The largest absolute Gasteiger partial charge is 0.444 e. The Hall–Kier alpha value is -3.37. The van der Waals surface area contributed by atoms with E-state index in [1.807, 2.05) is 13.8 Å². The lowest BCUT2D eigenvalue weighted by Gasteiger charge is -2.26. The third kappa shape index (κ3) is 5.71. The molecule has 1 amide bonds. The van der Waals surface area contributed by atoms with Crippen molar-refractivity contribution in [2.75, 3.05) is 0 Å². The van der Waals surface area contributed by atoms with Crippen LogP contribution in [0.25, 0.3) is 16.6 Å². The van der Waals surface area contributed by atoms with E-state index >= 15 is 0 Å². The highest BCUT2D eigenvalue weighted by Crippen LogP contribution is 2.26. The standard InChI is InChI=1S/C25H27ClN4O3/c1-15(2)12-20(29-24(32)33-25(3,4)5)22-28-19-11-7-10-18(26)21(19)23(31)30(22)17-9-6-8-16(13-17)14-27/h6-11,13,15,20H,12H2,1-5H3,(H,29,32)/t20-/m0/s1. The molecule has 0 bridgehead atoms. The summed E-state index contributed by atoms with van der Waals surface area (Å²) in [4.78, 5) is 31.1. The molecule has 0 aliphatic heterocycles. The lowest BCUT2D eigenvalue weighted by molar-refractivity contribution is 0.0494. The van der Waals surface area contributed by atoms with Crippen LogP contribution < -0.4 is 10.9 Å². The molecule has 0 spiro atoms. The molecule has 0 aliphatic rings. The molecule has 0 fully saturated rings. The normalized spacial score (nSPS) is 12.4. The predicted molar refractivity (Wildman–Crippen MR) is 129 cm³/mol. The van der Waals surface area contributed by atoms with Crippen molar-refractivity contribution in [3.8, 4) is 11.8 Å². The third-order valence-electron chi connectivity index (χ3n) is 4.82. The highest BCUT2D eigenvalue weighted by atomic mass is 35.5. The zero-order chi connectivity index (χ0) is 24.3. The number of nitrogens with zero attached hydrogens (tertiary/aromatic N) is 3. The number of benzene rings is 2. The van der Waals surface area contributed by atoms with Crippen molar-refractivity contribution in [1.29, 1.82) is 5.26 Å². The van der Waals surface area contributed by atoms with Gasteiger partial charge in [0.25, 0.3) is 5.56 Å². The van der Waals surface area contributed by atoms with Gasteiger partial charge in [-0.05, 0) is 63.4 Å². The van der Waals surface area contributed by atoms with Crippen molar-refractivity contribution >= 4 is 28.6 Å². The minimum absolute atomic E-state index is 0.177. The molecule has 172 valence electrons. The number of nitriles is 1. The van der Waals surface area contributed by atoms with Crippen molar-refractivity contribution < 1.29 is 9.53 Å². The maximum atomic E-state index is 13.7. The van der Waals surface area contributed by atoms with Gasteiger partial charge < -0.3 is 10.1 Å². The topological polar surface area (TPSA) is 97.0 Å². The molecule has 1 N–H and O–H groups in total. The molecule has 0 unspecified atom stereocenters. The van der Waals surface area contributed by atoms with E-state index in [1.54, 1.807) is 63.2 Å². The third-order valence-corrected chi connectivity index (χ3v) is 5.13. The van der Waals surface area contributed by atoms with Crippen LogP contribution in [0, 0.1) is 17.2 Å². The van der Waals surface area contributed by atoms with Gasteiger partial charge in [-0.2, -0.15) is 5.26 Å². The molecule has 1 atom stereocenters. The first-order valence-corrected chi connectivity index (χ1v) is 11.1. The van der Waals surface area contributed by atoms with E-state index in [1.165, 1.54) is 4.57 Å². The molecule has 0 aliphatic carbocycles. The van der Waals surface area contributed by atoms with Crippen molar-refractivity contribution in [3.63, 3.8) is 0 Å². The number of amides is 1. The van der Waals surface area contributed by atoms with Gasteiger partial charge in [0.15, 0.2) is 0 Å². The zero-order valence-electron chi connectivity index (χ0n) is 19.3. The van der Waals surface area contributed by atoms with Crippen molar-refractivity contribution in [1.82, 2.24) is 14.9 Å². The Morgan fingerprint density at radius 2 is 1.94 bits per heavy atom. The molecule has 8 heteroatoms. The van der Waals surface area contributed by atoms with E-state index in [9.17, 15) is 14.9 Å². The average Bonchev–Trinajstić information content (AvgIpc) is 2.71. The number of carbonyl (C=O) groups is 1. The van der Waals surface area contributed by atoms with Gasteiger partial charge in [-0.1, -0.05) is 37.6 Å². The number of nitrogens with one attached hydrogen (secondary N) is 1. The summed E-state index contributed by atoms with van der Waals surface area (Å²) in [6.07, 6.45) is -0.0960. The van der Waals surface area contributed by atoms with Crippen LogP contribution in [-0.2, 0) is 4.74 Å². The second-order valence-electron chi connectivity index (χ2n) is 9.24. The highest BCUT2D eigenvalue weighted by molar-refractivity contribution is 6.35. The van der Waals surface area contributed by atoms with E-state index in [0.29, 0.717) is 29.0 Å². The van der Waals surface area contributed by atoms with Crippen LogP contribution in [0.2, 0.25) is 5.02 Å². The first-order valence-electron chi connectivity index (χ1n) is 10.7. The van der Waals surface area contributed by atoms with Crippen LogP contribution in [-0.4, -0.2) is 21.2 Å². The molecule has 1 heterocycles. The fourth-order valence-corrected chi connectivity index (χ4v) is 3.81. The maximum Gasteiger partial charge on any atom is 0.408 e. The number of alkyl carbamates (subject to hydrolysis) is 1. The van der Waals surface area contributed by atoms with Gasteiger partial charge in [-0.15, -0.1) is 0 Å². The number of fused-ring (bicyclic) bond motifs is 1. The van der Waals surface area contributed by atoms with E-state index in [4.69, 9.17) is 21.3 Å². The summed E-state index contributed by atoms with van der Waals surface area (Å²) in [5, 5.41) is 12.8. The Bertz CT molecular complexity index is 1290. The van der Waals surface area contributed by atoms with Gasteiger partial charge in [0, 0.05) is 0 Å². The average molecular weight is 467 g/mol. The van der Waals surface area contributed by atoms with Crippen LogP contribution in [0.5, 0.6) is 0 Å². The summed E-state index contributed by atoms with van der Waals surface area (Å²) in [6, 6.07) is 13.2. The Balaban J connectivity index is 2.28. The van der Waals surface area contributed by atoms with E-state index in [-0.39, 0.29) is 21.9 Å². The Morgan fingerprint density at radius 1 is 1.24 bits per heavy atom. The number of aromatic nitrogens is 2. The van der Waals surface area contributed by atoms with E-state index in [0.717, 1.165) is 0 Å². The lowest BCUT2D eigenvalue weighted by atomic mass is 10.0. The van der Waals surface area contributed by atoms with Crippen molar-refractivity contribution in [2.24, 2.45) is 5.92 Å². The minimum atomic E-state index is -0.683. The number of hydrogen-bond donors (Lipinski definition) is 1. The van der Waals surface area contributed by atoms with Crippen LogP contribution >= 0.6 is 11.6 Å². The smallest absolute Gasteiger partial charge is 0.408 e. The maximum absolute atomic E-state index is 13.7. The second-order valence-corrected chi connectivity index (χ2v) is 9.64. The van der Waals surface area contributed by atoms with Crippen molar-refractivity contribution in [3.05, 3.63) is 69.2 Å². The fourth-order valence-electron chi connectivity index (χ4n) is 3.55. The van der Waals surface area contributed by atoms with Crippen molar-refractivity contribution in [2.45, 2.75) is 52.7 Å². The predicted octanol–water partition coefficient (Wildman–Crippen LogP) is 5.52. The van der Waals surface area contributed by atoms with Crippen LogP contribution in [0.1, 0.15) is 58.5 Å². The number of carbonyl (C=O) groups excluding carboxylic acids is 1. The molecular weight excluding hydrogens is 440 g/mol. The van der Waals surface area contributed by atoms with Gasteiger partial charge in [0.2, 0.25) is 0 Å². The second kappa shape index (κ2) is 9.63. The molecule has 0 saturated carbocycles. The van der Waals surface area contributed by atoms with Crippen LogP contribution in [0.3, 0.4) is 0 Å². The van der Waals surface area contributed by atoms with E-state index < -0.39 is 17.7 Å². The number of ether oxygens (including phenoxy) is 1. The minimum Gasteiger partial charge on any atom is -0.444 e. The summed E-state index contributed by atoms with van der Waals surface area (Å²) >= 11 is 6.36. The van der Waals surface area contributed by atoms with Gasteiger partial charge >= 0.3 is 6.09 Å². The summed E-state index contributed by atoms with van der Waals surface area (Å²) < 4.78 is 6.88. The Kier molecular flexibility index (Phi) is 7.09. The first-order chi connectivity index (χ1) is 15.5. The number of rotatable bonds is 5. The monoisotopic (exact) mass is 466 g/mol. The Labute approximate surface area is 198 Å². The highest BCUT2D eigenvalue weighted by Gasteiger charge is 2.27. The molecule has 0 saturated heterocycles. The zero-order valence-corrected chi connectivity index (χ0v) is 20.1. The summed E-state index contributed by atoms with van der Waals surface area (Å²) in [5.41, 5.74) is 0.219. The summed E-state index contributed by atoms with van der Waals surface area (Å²) in [5.74, 6) is 0.514. The molecule has 2 aromatic carbocycles. The van der Waals surface area contributed by atoms with Gasteiger partial charge in [0.05, 0.1) is 39.3 Å². The molecule has 0 radical (unpaired) electrons. The van der Waals surface area contributed by atoms with Gasteiger partial charge in [-0.3, -0.25) is 9.36 Å². The van der Waals surface area contributed by atoms with E-state index in [2.05, 4.69) is 11.4 Å². The quantitative estimate of drug-likeness (QED) is 0.533. The number of halogens is 1. The first kappa shape index (κ1) is 24.3. The van der Waals surface area contributed by atoms with Gasteiger partial charge in [0.1, 0.15) is 11.4 Å². The van der Waals surface area contributed by atoms with Gasteiger partial charge in [-0.25, -0.2) is 9.78 Å². The fraction of sp³-hybridized carbons (Fsp3) is 0.360. The molecule has 3 aromatic rings. The molecule has 33 heavy (non-hydrogen) atoms. The lowest BCUT2D eigenvalue weighted by Crippen LogP contribution is -2.38. The molecule has 1 aromatic heterocycles. The molecule has 7 nitrogen and oxygen atoms in total. The molecular formula is C25H27ClN4O3. The SMILES string of the molecule is CC(C)C[C@H](NC(=O)OC(C)(C)C)c1nc2cccc(Cl)c2c(=O)n1-c1cccc(C#N)c1. The molecule has 3 rings (SSSR count). The Morgan fingerprint density at radius 3 is 2.58 bits per heavy atom.